The quantitative estimate of drug-likeness (QED) is 0.877. The highest BCUT2D eigenvalue weighted by Crippen LogP contribution is 2.16. The topological polar surface area (TPSA) is 44.4 Å². The van der Waals surface area contributed by atoms with Gasteiger partial charge in [0, 0.05) is 18.8 Å². The van der Waals surface area contributed by atoms with Crippen LogP contribution in [0.1, 0.15) is 18.4 Å². The van der Waals surface area contributed by atoms with Gasteiger partial charge in [0.2, 0.25) is 0 Å². The lowest BCUT2D eigenvalue weighted by Crippen LogP contribution is -2.43. The number of hydrogen-bond acceptors (Lipinski definition) is 2. The molecule has 0 aliphatic carbocycles. The average Bonchev–Trinajstić information content (AvgIpc) is 2.47. The van der Waals surface area contributed by atoms with E-state index in [1.807, 2.05) is 31.2 Å². The zero-order valence-corrected chi connectivity index (χ0v) is 12.8. The molecule has 0 bridgehead atoms. The zero-order chi connectivity index (χ0) is 15.9. The molecule has 2 amide bonds. The van der Waals surface area contributed by atoms with E-state index < -0.39 is 6.43 Å². The number of nitrogens with one attached hydrogen (secondary N) is 2. The van der Waals surface area contributed by atoms with Crippen LogP contribution >= 0.6 is 0 Å². The first kappa shape index (κ1) is 16.7. The summed E-state index contributed by atoms with van der Waals surface area (Å²) in [5, 5.41) is 5.59. The SMILES string of the molecule is Cc1ccc(NC(=O)NCC2CCCN(CC(F)F)C2)cc1. The van der Waals surface area contributed by atoms with Gasteiger partial charge in [-0.05, 0) is 44.4 Å². The van der Waals surface area contributed by atoms with E-state index in [0.717, 1.165) is 30.6 Å². The lowest BCUT2D eigenvalue weighted by molar-refractivity contribution is 0.0651. The van der Waals surface area contributed by atoms with Crippen LogP contribution in [0.2, 0.25) is 0 Å². The second-order valence-electron chi connectivity index (χ2n) is 5.86. The first-order chi connectivity index (χ1) is 10.5. The van der Waals surface area contributed by atoms with Crippen LogP contribution < -0.4 is 10.6 Å². The molecule has 1 saturated heterocycles. The van der Waals surface area contributed by atoms with Gasteiger partial charge in [0.15, 0.2) is 0 Å². The van der Waals surface area contributed by atoms with E-state index in [9.17, 15) is 13.6 Å². The molecule has 1 atom stereocenters. The van der Waals surface area contributed by atoms with E-state index in [1.54, 1.807) is 4.90 Å². The summed E-state index contributed by atoms with van der Waals surface area (Å²) in [5.41, 5.74) is 1.87. The first-order valence-electron chi connectivity index (χ1n) is 7.65. The number of amides is 2. The summed E-state index contributed by atoms with van der Waals surface area (Å²) in [6, 6.07) is 7.30. The highest BCUT2D eigenvalue weighted by atomic mass is 19.3. The summed E-state index contributed by atoms with van der Waals surface area (Å²) >= 11 is 0. The number of aryl methyl sites for hydroxylation is 1. The molecule has 122 valence electrons. The molecule has 0 aromatic heterocycles. The van der Waals surface area contributed by atoms with Crippen LogP contribution in [0.5, 0.6) is 0 Å². The fraction of sp³-hybridized carbons (Fsp3) is 0.562. The molecule has 4 nitrogen and oxygen atoms in total. The maximum atomic E-state index is 12.4. The predicted octanol–water partition coefficient (Wildman–Crippen LogP) is 3.09. The average molecular weight is 311 g/mol. The fourth-order valence-electron chi connectivity index (χ4n) is 2.73. The van der Waals surface area contributed by atoms with E-state index in [2.05, 4.69) is 10.6 Å². The van der Waals surface area contributed by atoms with Crippen molar-refractivity contribution in [2.24, 2.45) is 5.92 Å². The number of alkyl halides is 2. The number of benzene rings is 1. The maximum Gasteiger partial charge on any atom is 0.319 e. The van der Waals surface area contributed by atoms with Crippen molar-refractivity contribution in [1.82, 2.24) is 10.2 Å². The number of urea groups is 1. The van der Waals surface area contributed by atoms with Gasteiger partial charge in [-0.2, -0.15) is 0 Å². The van der Waals surface area contributed by atoms with Gasteiger partial charge in [0.1, 0.15) is 0 Å². The van der Waals surface area contributed by atoms with Crippen LogP contribution in [0.25, 0.3) is 0 Å². The molecule has 0 radical (unpaired) electrons. The number of halogens is 2. The Hall–Kier alpha value is -1.69. The molecule has 1 aromatic carbocycles. The Labute approximate surface area is 129 Å². The van der Waals surface area contributed by atoms with E-state index in [4.69, 9.17) is 0 Å². The predicted molar refractivity (Wildman–Crippen MR) is 83.4 cm³/mol. The number of carbonyl (C=O) groups is 1. The molecular formula is C16H23F2N3O. The summed E-state index contributed by atoms with van der Waals surface area (Å²) in [6.07, 6.45) is -0.431. The third-order valence-corrected chi connectivity index (χ3v) is 3.86. The number of likely N-dealkylation sites (tertiary alicyclic amines) is 1. The van der Waals surface area contributed by atoms with Gasteiger partial charge in [0.05, 0.1) is 6.54 Å². The van der Waals surface area contributed by atoms with Crippen molar-refractivity contribution in [2.45, 2.75) is 26.2 Å². The van der Waals surface area contributed by atoms with Crippen LogP contribution in [0.15, 0.2) is 24.3 Å². The second kappa shape index (κ2) is 8.08. The van der Waals surface area contributed by atoms with Crippen LogP contribution in [0, 0.1) is 12.8 Å². The van der Waals surface area contributed by atoms with Crippen molar-refractivity contribution in [2.75, 3.05) is 31.5 Å². The Bertz CT molecular complexity index is 479. The summed E-state index contributed by atoms with van der Waals surface area (Å²) in [7, 11) is 0. The molecule has 1 aromatic rings. The van der Waals surface area contributed by atoms with Gasteiger partial charge in [-0.3, -0.25) is 4.90 Å². The van der Waals surface area contributed by atoms with Gasteiger partial charge in [-0.1, -0.05) is 17.7 Å². The van der Waals surface area contributed by atoms with E-state index in [0.29, 0.717) is 13.1 Å². The highest BCUT2D eigenvalue weighted by molar-refractivity contribution is 5.89. The lowest BCUT2D eigenvalue weighted by Gasteiger charge is -2.32. The summed E-state index contributed by atoms with van der Waals surface area (Å²) in [4.78, 5) is 13.6. The molecule has 0 saturated carbocycles. The molecule has 1 unspecified atom stereocenters. The van der Waals surface area contributed by atoms with E-state index in [1.165, 1.54) is 0 Å². The standard InChI is InChI=1S/C16H23F2N3O/c1-12-4-6-14(7-5-12)20-16(22)19-9-13-3-2-8-21(10-13)11-15(17)18/h4-7,13,15H,2-3,8-11H2,1H3,(H2,19,20,22). The van der Waals surface area contributed by atoms with Crippen LogP contribution in [-0.2, 0) is 0 Å². The van der Waals surface area contributed by atoms with Crippen molar-refractivity contribution >= 4 is 11.7 Å². The summed E-state index contributed by atoms with van der Waals surface area (Å²) in [6.45, 7) is 3.66. The number of nitrogens with zero attached hydrogens (tertiary/aromatic N) is 1. The molecule has 1 heterocycles. The molecular weight excluding hydrogens is 288 g/mol. The Morgan fingerprint density at radius 2 is 2.09 bits per heavy atom. The number of hydrogen-bond donors (Lipinski definition) is 2. The zero-order valence-electron chi connectivity index (χ0n) is 12.8. The van der Waals surface area contributed by atoms with Crippen molar-refractivity contribution < 1.29 is 13.6 Å². The normalized spacial score (nSPS) is 19.2. The Morgan fingerprint density at radius 3 is 2.77 bits per heavy atom. The molecule has 1 aliphatic rings. The van der Waals surface area contributed by atoms with Gasteiger partial charge >= 0.3 is 6.03 Å². The van der Waals surface area contributed by atoms with Crippen molar-refractivity contribution in [3.63, 3.8) is 0 Å². The van der Waals surface area contributed by atoms with Gasteiger partial charge in [0.25, 0.3) is 6.43 Å². The summed E-state index contributed by atoms with van der Waals surface area (Å²) < 4.78 is 24.8. The Morgan fingerprint density at radius 1 is 1.36 bits per heavy atom. The van der Waals surface area contributed by atoms with Gasteiger partial charge in [-0.15, -0.1) is 0 Å². The number of carbonyl (C=O) groups excluding carboxylic acids is 1. The molecule has 0 spiro atoms. The third kappa shape index (κ3) is 5.60. The smallest absolute Gasteiger partial charge is 0.319 e. The molecule has 2 N–H and O–H groups in total. The molecule has 22 heavy (non-hydrogen) atoms. The lowest BCUT2D eigenvalue weighted by atomic mass is 9.98. The molecule has 1 fully saturated rings. The number of rotatable bonds is 5. The molecule has 6 heteroatoms. The van der Waals surface area contributed by atoms with Crippen molar-refractivity contribution in [1.29, 1.82) is 0 Å². The van der Waals surface area contributed by atoms with Gasteiger partial charge in [-0.25, -0.2) is 13.6 Å². The van der Waals surface area contributed by atoms with Crippen molar-refractivity contribution in [3.8, 4) is 0 Å². The van der Waals surface area contributed by atoms with Crippen LogP contribution in [0.4, 0.5) is 19.3 Å². The van der Waals surface area contributed by atoms with Crippen molar-refractivity contribution in [3.05, 3.63) is 29.8 Å². The second-order valence-corrected chi connectivity index (χ2v) is 5.86. The number of piperidine rings is 1. The van der Waals surface area contributed by atoms with E-state index >= 15 is 0 Å². The number of anilines is 1. The molecule has 1 aliphatic heterocycles. The van der Waals surface area contributed by atoms with Crippen LogP contribution in [-0.4, -0.2) is 43.5 Å². The minimum absolute atomic E-state index is 0.175. The fourth-order valence-corrected chi connectivity index (χ4v) is 2.73. The minimum Gasteiger partial charge on any atom is -0.338 e. The largest absolute Gasteiger partial charge is 0.338 e. The Balaban J connectivity index is 1.72. The Kier molecular flexibility index (Phi) is 6.12. The highest BCUT2D eigenvalue weighted by Gasteiger charge is 2.22. The van der Waals surface area contributed by atoms with Crippen LogP contribution in [0.3, 0.4) is 0 Å². The summed E-state index contributed by atoms with van der Waals surface area (Å²) in [5.74, 6) is 0.233. The minimum atomic E-state index is -2.29. The van der Waals surface area contributed by atoms with E-state index in [-0.39, 0.29) is 18.5 Å². The molecule has 2 rings (SSSR count). The monoisotopic (exact) mass is 311 g/mol. The van der Waals surface area contributed by atoms with Gasteiger partial charge < -0.3 is 10.6 Å². The third-order valence-electron chi connectivity index (χ3n) is 3.86. The maximum absolute atomic E-state index is 12.4. The first-order valence-corrected chi connectivity index (χ1v) is 7.65.